The number of nitrogens with zero attached hydrogens (tertiary/aromatic N) is 2. The van der Waals surface area contributed by atoms with Crippen LogP contribution in [0, 0.1) is 5.82 Å². The molecule has 3 rings (SSSR count). The second-order valence-corrected chi connectivity index (χ2v) is 11.6. The Morgan fingerprint density at radius 1 is 1.00 bits per heavy atom. The van der Waals surface area contributed by atoms with E-state index in [4.69, 9.17) is 0 Å². The highest BCUT2D eigenvalue weighted by atomic mass is 32.2. The third-order valence-corrected chi connectivity index (χ3v) is 8.06. The van der Waals surface area contributed by atoms with Crippen LogP contribution in [0.5, 0.6) is 0 Å². The van der Waals surface area contributed by atoms with E-state index < -0.39 is 21.9 Å². The van der Waals surface area contributed by atoms with Crippen LogP contribution in [0.15, 0.2) is 54.6 Å². The molecule has 0 radical (unpaired) electrons. The van der Waals surface area contributed by atoms with E-state index in [1.807, 2.05) is 30.3 Å². The number of anilines is 1. The molecule has 1 aliphatic rings. The molecule has 0 spiro atoms. The summed E-state index contributed by atoms with van der Waals surface area (Å²) in [5.74, 6) is -1.04. The Kier molecular flexibility index (Phi) is 10.5. The molecular formula is C28H38FN3O4S. The van der Waals surface area contributed by atoms with Gasteiger partial charge in [0.05, 0.1) is 11.9 Å². The fourth-order valence-corrected chi connectivity index (χ4v) is 5.74. The number of benzene rings is 2. The van der Waals surface area contributed by atoms with E-state index in [1.54, 1.807) is 17.9 Å². The SMILES string of the molecule is CC(C(=O)NC1CCCCC1)N(CCc1ccccc1)C(=O)CCCN(c1ccccc1F)S(C)(=O)=O. The van der Waals surface area contributed by atoms with Gasteiger partial charge in [-0.3, -0.25) is 13.9 Å². The van der Waals surface area contributed by atoms with Crippen LogP contribution in [-0.4, -0.2) is 56.6 Å². The number of sulfonamides is 1. The van der Waals surface area contributed by atoms with Crippen molar-refractivity contribution >= 4 is 27.5 Å². The molecule has 7 nitrogen and oxygen atoms in total. The first kappa shape index (κ1) is 28.6. The monoisotopic (exact) mass is 531 g/mol. The molecule has 1 N–H and O–H groups in total. The minimum Gasteiger partial charge on any atom is -0.352 e. The molecule has 9 heteroatoms. The number of rotatable bonds is 12. The Morgan fingerprint density at radius 3 is 2.30 bits per heavy atom. The smallest absolute Gasteiger partial charge is 0.242 e. The lowest BCUT2D eigenvalue weighted by atomic mass is 9.95. The van der Waals surface area contributed by atoms with E-state index in [1.165, 1.54) is 24.6 Å². The van der Waals surface area contributed by atoms with Gasteiger partial charge in [0, 0.05) is 25.6 Å². The van der Waals surface area contributed by atoms with Crippen LogP contribution in [0.2, 0.25) is 0 Å². The zero-order valence-electron chi connectivity index (χ0n) is 21.7. The molecule has 2 aromatic carbocycles. The molecule has 202 valence electrons. The number of para-hydroxylation sites is 1. The molecule has 0 saturated heterocycles. The largest absolute Gasteiger partial charge is 0.352 e. The van der Waals surface area contributed by atoms with Crippen LogP contribution in [0.25, 0.3) is 0 Å². The highest BCUT2D eigenvalue weighted by Gasteiger charge is 2.28. The first-order valence-corrected chi connectivity index (χ1v) is 14.9. The predicted octanol–water partition coefficient (Wildman–Crippen LogP) is 4.28. The summed E-state index contributed by atoms with van der Waals surface area (Å²) >= 11 is 0. The first-order chi connectivity index (χ1) is 17.7. The number of nitrogens with one attached hydrogen (secondary N) is 1. The van der Waals surface area contributed by atoms with Crippen LogP contribution < -0.4 is 9.62 Å². The van der Waals surface area contributed by atoms with Gasteiger partial charge in [-0.15, -0.1) is 0 Å². The van der Waals surface area contributed by atoms with Crippen molar-refractivity contribution in [2.45, 2.75) is 70.4 Å². The van der Waals surface area contributed by atoms with Gasteiger partial charge in [0.1, 0.15) is 11.9 Å². The van der Waals surface area contributed by atoms with Gasteiger partial charge in [0.25, 0.3) is 0 Å². The van der Waals surface area contributed by atoms with Crippen LogP contribution in [0.3, 0.4) is 0 Å². The molecule has 0 aliphatic heterocycles. The van der Waals surface area contributed by atoms with Crippen LogP contribution in [0.4, 0.5) is 10.1 Å². The topological polar surface area (TPSA) is 86.8 Å². The maximum Gasteiger partial charge on any atom is 0.242 e. The fourth-order valence-electron chi connectivity index (χ4n) is 4.78. The third kappa shape index (κ3) is 8.55. The number of amides is 2. The Bertz CT molecular complexity index is 1140. The van der Waals surface area contributed by atoms with Crippen molar-refractivity contribution in [3.05, 3.63) is 66.0 Å². The molecule has 1 saturated carbocycles. The van der Waals surface area contributed by atoms with E-state index in [9.17, 15) is 22.4 Å². The van der Waals surface area contributed by atoms with E-state index in [-0.39, 0.29) is 42.9 Å². The molecule has 1 unspecified atom stereocenters. The highest BCUT2D eigenvalue weighted by Crippen LogP contribution is 2.22. The van der Waals surface area contributed by atoms with Crippen molar-refractivity contribution in [3.63, 3.8) is 0 Å². The van der Waals surface area contributed by atoms with Gasteiger partial charge in [-0.1, -0.05) is 61.7 Å². The van der Waals surface area contributed by atoms with Crippen molar-refractivity contribution in [2.75, 3.05) is 23.7 Å². The zero-order valence-corrected chi connectivity index (χ0v) is 22.6. The summed E-state index contributed by atoms with van der Waals surface area (Å²) in [6, 6.07) is 14.9. The lowest BCUT2D eigenvalue weighted by molar-refractivity contribution is -0.140. The van der Waals surface area contributed by atoms with Gasteiger partial charge < -0.3 is 10.2 Å². The average Bonchev–Trinajstić information content (AvgIpc) is 2.88. The van der Waals surface area contributed by atoms with Crippen molar-refractivity contribution in [3.8, 4) is 0 Å². The van der Waals surface area contributed by atoms with Crippen molar-refractivity contribution in [1.82, 2.24) is 10.2 Å². The quantitative estimate of drug-likeness (QED) is 0.443. The van der Waals surface area contributed by atoms with Gasteiger partial charge in [-0.05, 0) is 50.3 Å². The maximum absolute atomic E-state index is 14.3. The molecular weight excluding hydrogens is 493 g/mol. The van der Waals surface area contributed by atoms with Gasteiger partial charge in [0.2, 0.25) is 21.8 Å². The number of hydrogen-bond acceptors (Lipinski definition) is 4. The summed E-state index contributed by atoms with van der Waals surface area (Å²) in [6.07, 6.45) is 7.12. The Morgan fingerprint density at radius 2 is 1.65 bits per heavy atom. The standard InChI is InChI=1S/C28H38FN3O4S/c1-22(28(34)30-24-14-7-4-8-15-24)31(21-19-23-12-5-3-6-13-23)27(33)18-11-20-32(37(2,35)36)26-17-10-9-16-25(26)29/h3,5-6,9-10,12-13,16-17,22,24H,4,7-8,11,14-15,18-21H2,1-2H3,(H,30,34). The molecule has 0 aromatic heterocycles. The van der Waals surface area contributed by atoms with Crippen molar-refractivity contribution in [2.24, 2.45) is 0 Å². The lowest BCUT2D eigenvalue weighted by Crippen LogP contribution is -2.51. The molecule has 2 amide bonds. The molecule has 2 aromatic rings. The average molecular weight is 532 g/mol. The summed E-state index contributed by atoms with van der Waals surface area (Å²) in [6.45, 7) is 2.06. The number of carbonyl (C=O) groups excluding carboxylic acids is 2. The Labute approximate surface area is 220 Å². The van der Waals surface area contributed by atoms with Gasteiger partial charge >= 0.3 is 0 Å². The summed E-state index contributed by atoms with van der Waals surface area (Å²) < 4.78 is 40.0. The number of hydrogen-bond donors (Lipinski definition) is 1. The molecule has 37 heavy (non-hydrogen) atoms. The number of carbonyl (C=O) groups is 2. The molecule has 1 atom stereocenters. The minimum atomic E-state index is -3.75. The van der Waals surface area contributed by atoms with Crippen LogP contribution in [0.1, 0.15) is 57.4 Å². The van der Waals surface area contributed by atoms with E-state index in [2.05, 4.69) is 5.32 Å². The second kappa shape index (κ2) is 13.6. The predicted molar refractivity (Wildman–Crippen MR) is 144 cm³/mol. The Balaban J connectivity index is 1.67. The highest BCUT2D eigenvalue weighted by molar-refractivity contribution is 7.92. The molecule has 0 heterocycles. The van der Waals surface area contributed by atoms with Gasteiger partial charge in [-0.25, -0.2) is 12.8 Å². The zero-order chi connectivity index (χ0) is 26.8. The van der Waals surface area contributed by atoms with E-state index in [0.29, 0.717) is 13.0 Å². The fraction of sp³-hybridized carbons (Fsp3) is 0.500. The summed E-state index contributed by atoms with van der Waals surface area (Å²) in [4.78, 5) is 28.0. The Hall–Kier alpha value is -2.94. The van der Waals surface area contributed by atoms with Crippen molar-refractivity contribution < 1.29 is 22.4 Å². The van der Waals surface area contributed by atoms with Crippen molar-refractivity contribution in [1.29, 1.82) is 0 Å². The molecule has 0 bridgehead atoms. The van der Waals surface area contributed by atoms with Crippen LogP contribution >= 0.6 is 0 Å². The third-order valence-electron chi connectivity index (χ3n) is 6.88. The van der Waals surface area contributed by atoms with Crippen LogP contribution in [-0.2, 0) is 26.0 Å². The normalized spacial score (nSPS) is 15.1. The lowest BCUT2D eigenvalue weighted by Gasteiger charge is -2.31. The molecule has 1 fully saturated rings. The molecule has 1 aliphatic carbocycles. The summed E-state index contributed by atoms with van der Waals surface area (Å²) in [7, 11) is -3.75. The maximum atomic E-state index is 14.3. The summed E-state index contributed by atoms with van der Waals surface area (Å²) in [5.41, 5.74) is 1.02. The minimum absolute atomic E-state index is 0.0380. The van der Waals surface area contributed by atoms with Gasteiger partial charge in [-0.2, -0.15) is 0 Å². The van der Waals surface area contributed by atoms with E-state index in [0.717, 1.165) is 41.8 Å². The number of halogens is 1. The summed E-state index contributed by atoms with van der Waals surface area (Å²) in [5, 5.41) is 3.11. The second-order valence-electron chi connectivity index (χ2n) is 9.73. The first-order valence-electron chi connectivity index (χ1n) is 13.0. The van der Waals surface area contributed by atoms with Gasteiger partial charge in [0.15, 0.2) is 0 Å². The van der Waals surface area contributed by atoms with E-state index >= 15 is 0 Å².